The quantitative estimate of drug-likeness (QED) is 0.827. The van der Waals surface area contributed by atoms with Crippen molar-refractivity contribution in [2.45, 2.75) is 31.9 Å². The number of nitrogens with one attached hydrogen (secondary N) is 1. The molecule has 3 heteroatoms. The third-order valence-corrected chi connectivity index (χ3v) is 3.77. The highest BCUT2D eigenvalue weighted by molar-refractivity contribution is 5.22. The minimum Gasteiger partial charge on any atom is -0.392 e. The van der Waals surface area contributed by atoms with E-state index in [9.17, 15) is 0 Å². The van der Waals surface area contributed by atoms with Crippen LogP contribution in [0, 0.1) is 0 Å². The molecule has 100 valence electrons. The molecule has 2 rings (SSSR count). The molecule has 0 unspecified atom stereocenters. The van der Waals surface area contributed by atoms with E-state index in [0.29, 0.717) is 6.04 Å². The van der Waals surface area contributed by atoms with Gasteiger partial charge in [0, 0.05) is 6.04 Å². The SMILES string of the molecule is CN1CCC(NCCc2ccc(CO)cc2)CC1. The number of hydrogen-bond acceptors (Lipinski definition) is 3. The van der Waals surface area contributed by atoms with Gasteiger partial charge >= 0.3 is 0 Å². The molecule has 18 heavy (non-hydrogen) atoms. The number of nitrogens with zero attached hydrogens (tertiary/aromatic N) is 1. The van der Waals surface area contributed by atoms with Gasteiger partial charge in [0.25, 0.3) is 0 Å². The first kappa shape index (κ1) is 13.5. The molecule has 1 aliphatic heterocycles. The highest BCUT2D eigenvalue weighted by Gasteiger charge is 2.15. The van der Waals surface area contributed by atoms with Gasteiger partial charge in [-0.3, -0.25) is 0 Å². The number of aliphatic hydroxyl groups is 1. The van der Waals surface area contributed by atoms with Crippen LogP contribution in [0.4, 0.5) is 0 Å². The zero-order valence-electron chi connectivity index (χ0n) is 11.2. The summed E-state index contributed by atoms with van der Waals surface area (Å²) in [6.07, 6.45) is 3.60. The summed E-state index contributed by atoms with van der Waals surface area (Å²) in [5, 5.41) is 12.6. The summed E-state index contributed by atoms with van der Waals surface area (Å²) in [4.78, 5) is 2.39. The number of aliphatic hydroxyl groups excluding tert-OH is 1. The topological polar surface area (TPSA) is 35.5 Å². The lowest BCUT2D eigenvalue weighted by Crippen LogP contribution is -2.41. The van der Waals surface area contributed by atoms with E-state index in [1.165, 1.54) is 31.5 Å². The van der Waals surface area contributed by atoms with Crippen molar-refractivity contribution in [2.75, 3.05) is 26.7 Å². The Balaban J connectivity index is 1.68. The predicted molar refractivity (Wildman–Crippen MR) is 74.6 cm³/mol. The summed E-state index contributed by atoms with van der Waals surface area (Å²) in [6.45, 7) is 3.60. The zero-order chi connectivity index (χ0) is 12.8. The Kier molecular flexibility index (Phi) is 5.17. The summed E-state index contributed by atoms with van der Waals surface area (Å²) in [5.74, 6) is 0. The normalized spacial score (nSPS) is 18.1. The second kappa shape index (κ2) is 6.88. The summed E-state index contributed by atoms with van der Waals surface area (Å²) < 4.78 is 0. The second-order valence-electron chi connectivity index (χ2n) is 5.26. The molecule has 1 fully saturated rings. The van der Waals surface area contributed by atoms with Crippen LogP contribution in [0.2, 0.25) is 0 Å². The van der Waals surface area contributed by atoms with Crippen LogP contribution in [0.5, 0.6) is 0 Å². The predicted octanol–water partition coefficient (Wildman–Crippen LogP) is 1.41. The molecule has 0 saturated carbocycles. The first-order chi connectivity index (χ1) is 8.78. The molecule has 0 spiro atoms. The third-order valence-electron chi connectivity index (χ3n) is 3.77. The van der Waals surface area contributed by atoms with Crippen molar-refractivity contribution in [3.63, 3.8) is 0 Å². The van der Waals surface area contributed by atoms with Gasteiger partial charge in [-0.1, -0.05) is 24.3 Å². The lowest BCUT2D eigenvalue weighted by atomic mass is 10.0. The highest BCUT2D eigenvalue weighted by Crippen LogP contribution is 2.09. The average molecular weight is 248 g/mol. The minimum absolute atomic E-state index is 0.133. The number of rotatable bonds is 5. The van der Waals surface area contributed by atoms with Gasteiger partial charge in [0.2, 0.25) is 0 Å². The van der Waals surface area contributed by atoms with Gasteiger partial charge in [-0.15, -0.1) is 0 Å². The maximum absolute atomic E-state index is 8.98. The Bertz CT molecular complexity index is 342. The molecule has 0 atom stereocenters. The van der Waals surface area contributed by atoms with Crippen LogP contribution in [0.3, 0.4) is 0 Å². The van der Waals surface area contributed by atoms with Crippen LogP contribution in [0.25, 0.3) is 0 Å². The molecule has 0 radical (unpaired) electrons. The summed E-state index contributed by atoms with van der Waals surface area (Å²) in [7, 11) is 2.19. The molecule has 0 amide bonds. The fraction of sp³-hybridized carbons (Fsp3) is 0.600. The van der Waals surface area contributed by atoms with Crippen molar-refractivity contribution in [3.05, 3.63) is 35.4 Å². The van der Waals surface area contributed by atoms with Gasteiger partial charge in [0.05, 0.1) is 6.61 Å². The molecule has 2 N–H and O–H groups in total. The smallest absolute Gasteiger partial charge is 0.0681 e. The van der Waals surface area contributed by atoms with Crippen LogP contribution in [0.15, 0.2) is 24.3 Å². The van der Waals surface area contributed by atoms with E-state index in [1.807, 2.05) is 12.1 Å². The van der Waals surface area contributed by atoms with Gasteiger partial charge in [0.15, 0.2) is 0 Å². The first-order valence-corrected chi connectivity index (χ1v) is 6.88. The van der Waals surface area contributed by atoms with Crippen LogP contribution in [-0.4, -0.2) is 42.7 Å². The Hall–Kier alpha value is -0.900. The summed E-state index contributed by atoms with van der Waals surface area (Å²) in [5.41, 5.74) is 2.33. The van der Waals surface area contributed by atoms with Crippen LogP contribution < -0.4 is 5.32 Å². The van der Waals surface area contributed by atoms with Gasteiger partial charge in [-0.25, -0.2) is 0 Å². The lowest BCUT2D eigenvalue weighted by Gasteiger charge is -2.29. The van der Waals surface area contributed by atoms with Crippen molar-refractivity contribution in [1.82, 2.24) is 10.2 Å². The van der Waals surface area contributed by atoms with E-state index in [2.05, 4.69) is 29.4 Å². The molecule has 1 heterocycles. The van der Waals surface area contributed by atoms with Gasteiger partial charge < -0.3 is 15.3 Å². The maximum Gasteiger partial charge on any atom is 0.0681 e. The molecular weight excluding hydrogens is 224 g/mol. The number of benzene rings is 1. The van der Waals surface area contributed by atoms with Gasteiger partial charge in [-0.2, -0.15) is 0 Å². The van der Waals surface area contributed by atoms with E-state index < -0.39 is 0 Å². The molecule has 0 aromatic heterocycles. The van der Waals surface area contributed by atoms with Crippen LogP contribution in [-0.2, 0) is 13.0 Å². The van der Waals surface area contributed by atoms with E-state index >= 15 is 0 Å². The van der Waals surface area contributed by atoms with Crippen molar-refractivity contribution < 1.29 is 5.11 Å². The Morgan fingerprint density at radius 1 is 1.17 bits per heavy atom. The third kappa shape index (κ3) is 4.09. The maximum atomic E-state index is 8.98. The van der Waals surface area contributed by atoms with E-state index in [-0.39, 0.29) is 6.61 Å². The number of hydrogen-bond donors (Lipinski definition) is 2. The Labute approximate surface area is 110 Å². The lowest BCUT2D eigenvalue weighted by molar-refractivity contribution is 0.235. The van der Waals surface area contributed by atoms with Gasteiger partial charge in [0.1, 0.15) is 0 Å². The number of likely N-dealkylation sites (tertiary alicyclic amines) is 1. The monoisotopic (exact) mass is 248 g/mol. The minimum atomic E-state index is 0.133. The molecule has 3 nitrogen and oxygen atoms in total. The molecule has 1 aliphatic rings. The molecule has 1 aromatic carbocycles. The van der Waals surface area contributed by atoms with E-state index in [4.69, 9.17) is 5.11 Å². The largest absolute Gasteiger partial charge is 0.392 e. The molecule has 0 bridgehead atoms. The van der Waals surface area contributed by atoms with E-state index in [0.717, 1.165) is 18.5 Å². The van der Waals surface area contributed by atoms with Crippen LogP contribution >= 0.6 is 0 Å². The molecule has 1 saturated heterocycles. The fourth-order valence-corrected chi connectivity index (χ4v) is 2.44. The molecular formula is C15H24N2O. The molecule has 1 aromatic rings. The van der Waals surface area contributed by atoms with Crippen molar-refractivity contribution in [1.29, 1.82) is 0 Å². The Morgan fingerprint density at radius 3 is 2.39 bits per heavy atom. The highest BCUT2D eigenvalue weighted by atomic mass is 16.3. The van der Waals surface area contributed by atoms with Crippen LogP contribution in [0.1, 0.15) is 24.0 Å². The molecule has 0 aliphatic carbocycles. The van der Waals surface area contributed by atoms with Gasteiger partial charge in [-0.05, 0) is 57.1 Å². The fourth-order valence-electron chi connectivity index (χ4n) is 2.44. The average Bonchev–Trinajstić information content (AvgIpc) is 2.42. The standard InChI is InChI=1S/C15H24N2O/c1-17-10-7-15(8-11-17)16-9-6-13-2-4-14(12-18)5-3-13/h2-5,15-16,18H,6-12H2,1H3. The summed E-state index contributed by atoms with van der Waals surface area (Å²) >= 11 is 0. The Morgan fingerprint density at radius 2 is 1.78 bits per heavy atom. The first-order valence-electron chi connectivity index (χ1n) is 6.88. The van der Waals surface area contributed by atoms with Crippen molar-refractivity contribution in [3.8, 4) is 0 Å². The summed E-state index contributed by atoms with van der Waals surface area (Å²) in [6, 6.07) is 8.93. The number of piperidine rings is 1. The second-order valence-corrected chi connectivity index (χ2v) is 5.26. The zero-order valence-corrected chi connectivity index (χ0v) is 11.2. The van der Waals surface area contributed by atoms with Crippen molar-refractivity contribution in [2.24, 2.45) is 0 Å². The van der Waals surface area contributed by atoms with Crippen molar-refractivity contribution >= 4 is 0 Å². The van der Waals surface area contributed by atoms with E-state index in [1.54, 1.807) is 0 Å².